The van der Waals surface area contributed by atoms with Crippen molar-refractivity contribution in [3.05, 3.63) is 65.9 Å². The lowest BCUT2D eigenvalue weighted by molar-refractivity contribution is 0.174. The highest BCUT2D eigenvalue weighted by Crippen LogP contribution is 2.36. The van der Waals surface area contributed by atoms with Crippen molar-refractivity contribution >= 4 is 10.0 Å². The molecule has 1 aliphatic rings. The van der Waals surface area contributed by atoms with E-state index in [-0.39, 0.29) is 22.9 Å². The maximum atomic E-state index is 14.4. The van der Waals surface area contributed by atoms with Gasteiger partial charge in [0.1, 0.15) is 11.6 Å². The zero-order chi connectivity index (χ0) is 19.9. The van der Waals surface area contributed by atoms with Crippen LogP contribution in [0.4, 0.5) is 8.78 Å². The normalized spacial score (nSPS) is 13.1. The maximum Gasteiger partial charge on any atom is 0.268 e. The fourth-order valence-electron chi connectivity index (χ4n) is 3.04. The highest BCUT2D eigenvalue weighted by molar-refractivity contribution is 7.90. The number of nitrogens with zero attached hydrogens (tertiary/aromatic N) is 1. The molecule has 3 aromatic rings. The van der Waals surface area contributed by atoms with E-state index in [0.29, 0.717) is 23.6 Å². The molecular formula is C19H16F2N2O4S. The molecule has 146 valence electrons. The van der Waals surface area contributed by atoms with E-state index in [2.05, 4.69) is 5.32 Å². The van der Waals surface area contributed by atoms with Crippen LogP contribution in [0, 0.1) is 11.6 Å². The van der Waals surface area contributed by atoms with E-state index in [4.69, 9.17) is 9.47 Å². The summed E-state index contributed by atoms with van der Waals surface area (Å²) < 4.78 is 65.7. The number of aromatic nitrogens is 1. The van der Waals surface area contributed by atoms with E-state index < -0.39 is 21.7 Å². The quantitative estimate of drug-likeness (QED) is 0.705. The van der Waals surface area contributed by atoms with E-state index in [0.717, 1.165) is 16.1 Å². The molecule has 0 atom stereocenters. The number of hydrogen-bond donors (Lipinski definition) is 1. The summed E-state index contributed by atoms with van der Waals surface area (Å²) in [4.78, 5) is -0.0351. The monoisotopic (exact) mass is 406 g/mol. The average molecular weight is 406 g/mol. The molecule has 9 heteroatoms. The molecule has 2 aromatic carbocycles. The number of hydrogen-bond acceptors (Lipinski definition) is 5. The van der Waals surface area contributed by atoms with Gasteiger partial charge in [0.25, 0.3) is 10.0 Å². The van der Waals surface area contributed by atoms with Gasteiger partial charge in [-0.2, -0.15) is 0 Å². The number of rotatable bonds is 5. The van der Waals surface area contributed by atoms with Gasteiger partial charge in [0, 0.05) is 30.4 Å². The average Bonchev–Trinajstić information content (AvgIpc) is 3.28. The highest BCUT2D eigenvalue weighted by atomic mass is 32.2. The van der Waals surface area contributed by atoms with Crippen LogP contribution in [0.2, 0.25) is 0 Å². The number of nitrogens with one attached hydrogen (secondary N) is 1. The third kappa shape index (κ3) is 3.12. The van der Waals surface area contributed by atoms with Gasteiger partial charge in [-0.05, 0) is 42.9 Å². The van der Waals surface area contributed by atoms with Crippen molar-refractivity contribution in [2.75, 3.05) is 13.8 Å². The molecular weight excluding hydrogens is 390 g/mol. The fraction of sp³-hybridized carbons (Fsp3) is 0.158. The number of halogens is 2. The maximum absolute atomic E-state index is 14.4. The summed E-state index contributed by atoms with van der Waals surface area (Å²) >= 11 is 0. The Balaban J connectivity index is 1.88. The molecule has 28 heavy (non-hydrogen) atoms. The van der Waals surface area contributed by atoms with Gasteiger partial charge >= 0.3 is 0 Å². The first kappa shape index (κ1) is 18.5. The Hall–Kier alpha value is -2.91. The topological polar surface area (TPSA) is 69.6 Å². The first-order valence-electron chi connectivity index (χ1n) is 8.36. The van der Waals surface area contributed by atoms with Gasteiger partial charge in [0.15, 0.2) is 11.5 Å². The molecule has 0 fully saturated rings. The van der Waals surface area contributed by atoms with Crippen molar-refractivity contribution < 1.29 is 26.7 Å². The van der Waals surface area contributed by atoms with Crippen LogP contribution in [0.1, 0.15) is 5.56 Å². The van der Waals surface area contributed by atoms with Crippen LogP contribution >= 0.6 is 0 Å². The Kier molecular flexibility index (Phi) is 4.56. The van der Waals surface area contributed by atoms with E-state index in [1.54, 1.807) is 13.1 Å². The summed E-state index contributed by atoms with van der Waals surface area (Å²) in [6.45, 7) is 0.389. The molecule has 6 nitrogen and oxygen atoms in total. The number of fused-ring (bicyclic) bond motifs is 1. The second kappa shape index (κ2) is 6.92. The SMILES string of the molecule is CNCc1cc(-c2ccc(F)cc2F)n(S(=O)(=O)c2ccc3c(c2)OCO3)c1. The van der Waals surface area contributed by atoms with Crippen LogP contribution in [0.5, 0.6) is 11.5 Å². The summed E-state index contributed by atoms with van der Waals surface area (Å²) in [5.74, 6) is -0.824. The molecule has 1 aliphatic heterocycles. The van der Waals surface area contributed by atoms with Crippen LogP contribution in [-0.4, -0.2) is 26.2 Å². The van der Waals surface area contributed by atoms with E-state index in [9.17, 15) is 17.2 Å². The molecule has 0 radical (unpaired) electrons. The lowest BCUT2D eigenvalue weighted by Gasteiger charge is -2.12. The summed E-state index contributed by atoms with van der Waals surface area (Å²) in [5.41, 5.74) is 0.707. The van der Waals surface area contributed by atoms with Gasteiger partial charge in [-0.3, -0.25) is 0 Å². The first-order chi connectivity index (χ1) is 13.4. The predicted octanol–water partition coefficient (Wildman–Crippen LogP) is 3.12. The smallest absolute Gasteiger partial charge is 0.268 e. The van der Waals surface area contributed by atoms with Crippen molar-refractivity contribution in [1.82, 2.24) is 9.29 Å². The van der Waals surface area contributed by atoms with Crippen molar-refractivity contribution in [1.29, 1.82) is 0 Å². The summed E-state index contributed by atoms with van der Waals surface area (Å²) in [5, 5.41) is 2.93. The van der Waals surface area contributed by atoms with Crippen LogP contribution in [0.3, 0.4) is 0 Å². The highest BCUT2D eigenvalue weighted by Gasteiger charge is 2.26. The Morgan fingerprint density at radius 1 is 1.07 bits per heavy atom. The summed E-state index contributed by atoms with van der Waals surface area (Å²) in [6.07, 6.45) is 1.41. The molecule has 0 saturated heterocycles. The predicted molar refractivity (Wildman–Crippen MR) is 97.7 cm³/mol. The van der Waals surface area contributed by atoms with Crippen molar-refractivity contribution in [2.24, 2.45) is 0 Å². The Bertz CT molecular complexity index is 1160. The van der Waals surface area contributed by atoms with Gasteiger partial charge in [0.05, 0.1) is 10.6 Å². The van der Waals surface area contributed by atoms with Crippen LogP contribution < -0.4 is 14.8 Å². The first-order valence-corrected chi connectivity index (χ1v) is 9.80. The minimum atomic E-state index is -4.07. The number of benzene rings is 2. The Morgan fingerprint density at radius 2 is 1.86 bits per heavy atom. The van der Waals surface area contributed by atoms with Crippen molar-refractivity contribution in [3.8, 4) is 22.8 Å². The zero-order valence-electron chi connectivity index (χ0n) is 14.8. The van der Waals surface area contributed by atoms with Crippen molar-refractivity contribution in [2.45, 2.75) is 11.4 Å². The van der Waals surface area contributed by atoms with E-state index in [1.807, 2.05) is 0 Å². The van der Waals surface area contributed by atoms with Crippen LogP contribution in [0.15, 0.2) is 53.6 Å². The molecule has 0 spiro atoms. The minimum absolute atomic E-state index is 0.0146. The third-order valence-corrected chi connectivity index (χ3v) is 6.00. The molecule has 0 bridgehead atoms. The molecule has 1 N–H and O–H groups in total. The van der Waals surface area contributed by atoms with Crippen molar-refractivity contribution in [3.63, 3.8) is 0 Å². The zero-order valence-corrected chi connectivity index (χ0v) is 15.6. The minimum Gasteiger partial charge on any atom is -0.454 e. The Labute approximate surface area is 160 Å². The number of ether oxygens (including phenoxy) is 2. The molecule has 2 heterocycles. The van der Waals surface area contributed by atoms with Gasteiger partial charge in [0.2, 0.25) is 6.79 Å². The van der Waals surface area contributed by atoms with Gasteiger partial charge in [-0.15, -0.1) is 0 Å². The van der Waals surface area contributed by atoms with Gasteiger partial charge in [-0.1, -0.05) is 0 Å². The molecule has 0 amide bonds. The van der Waals surface area contributed by atoms with E-state index in [1.165, 1.54) is 30.5 Å². The van der Waals surface area contributed by atoms with Gasteiger partial charge < -0.3 is 14.8 Å². The van der Waals surface area contributed by atoms with Crippen LogP contribution in [-0.2, 0) is 16.6 Å². The fourth-order valence-corrected chi connectivity index (χ4v) is 4.45. The lowest BCUT2D eigenvalue weighted by Crippen LogP contribution is -2.14. The third-order valence-electron chi connectivity index (χ3n) is 4.33. The summed E-state index contributed by atoms with van der Waals surface area (Å²) in [7, 11) is -2.36. The largest absolute Gasteiger partial charge is 0.454 e. The Morgan fingerprint density at radius 3 is 2.61 bits per heavy atom. The second-order valence-electron chi connectivity index (χ2n) is 6.20. The molecule has 0 aliphatic carbocycles. The molecule has 0 saturated carbocycles. The molecule has 4 rings (SSSR count). The summed E-state index contributed by atoms with van der Waals surface area (Å²) in [6, 6.07) is 8.83. The lowest BCUT2D eigenvalue weighted by atomic mass is 10.1. The van der Waals surface area contributed by atoms with E-state index >= 15 is 0 Å². The standard InChI is InChI=1S/C19H16F2N2O4S/c1-22-9-12-6-17(15-4-2-13(20)7-16(15)21)23(10-12)28(24,25)14-3-5-18-19(8-14)27-11-26-18/h2-8,10,22H,9,11H2,1H3. The van der Waals surface area contributed by atoms with Gasteiger partial charge in [-0.25, -0.2) is 21.2 Å². The molecule has 0 unspecified atom stereocenters. The van der Waals surface area contributed by atoms with Crippen LogP contribution in [0.25, 0.3) is 11.3 Å². The molecule has 1 aromatic heterocycles. The second-order valence-corrected chi connectivity index (χ2v) is 8.02.